The molecule has 162 valence electrons. The second-order valence-electron chi connectivity index (χ2n) is 7.71. The smallest absolute Gasteiger partial charge is 0.252 e. The van der Waals surface area contributed by atoms with Crippen molar-refractivity contribution in [1.82, 2.24) is 15.2 Å². The van der Waals surface area contributed by atoms with Gasteiger partial charge in [-0.2, -0.15) is 5.26 Å². The molecule has 2 aliphatic heterocycles. The largest absolute Gasteiger partial charge is 0.377 e. The van der Waals surface area contributed by atoms with E-state index in [1.54, 1.807) is 24.0 Å². The number of carbonyl (C=O) groups is 2. The van der Waals surface area contributed by atoms with E-state index in [4.69, 9.17) is 10.00 Å². The molecule has 0 aliphatic carbocycles. The predicted molar refractivity (Wildman–Crippen MR) is 120 cm³/mol. The Morgan fingerprint density at radius 1 is 1.35 bits per heavy atom. The molecule has 2 aliphatic rings. The van der Waals surface area contributed by atoms with Crippen LogP contribution in [-0.2, 0) is 9.53 Å². The zero-order valence-electron chi connectivity index (χ0n) is 17.4. The fraction of sp³-hybridized carbons (Fsp3) is 0.455. The topological polar surface area (TPSA) is 98.6 Å². The molecule has 2 fully saturated rings. The molecule has 4 rings (SSSR count). The Morgan fingerprint density at radius 3 is 3.06 bits per heavy atom. The molecular formula is C22H25N5O3S. The summed E-state index contributed by atoms with van der Waals surface area (Å²) in [5.41, 5.74) is 2.23. The van der Waals surface area contributed by atoms with Crippen LogP contribution in [0.1, 0.15) is 23.7 Å². The summed E-state index contributed by atoms with van der Waals surface area (Å²) in [7, 11) is 0. The number of ether oxygens (including phenoxy) is 1. The first kappa shape index (κ1) is 21.4. The van der Waals surface area contributed by atoms with E-state index in [2.05, 4.69) is 28.2 Å². The monoisotopic (exact) mass is 439 g/mol. The summed E-state index contributed by atoms with van der Waals surface area (Å²) in [6.07, 6.45) is 2.78. The Labute approximate surface area is 185 Å². The third kappa shape index (κ3) is 4.75. The van der Waals surface area contributed by atoms with Gasteiger partial charge in [-0.15, -0.1) is 11.8 Å². The zero-order valence-corrected chi connectivity index (χ0v) is 18.2. The van der Waals surface area contributed by atoms with E-state index in [0.717, 1.165) is 36.1 Å². The van der Waals surface area contributed by atoms with Gasteiger partial charge < -0.3 is 19.9 Å². The van der Waals surface area contributed by atoms with Gasteiger partial charge in [0.05, 0.1) is 42.3 Å². The van der Waals surface area contributed by atoms with Gasteiger partial charge in [-0.1, -0.05) is 0 Å². The first-order valence-electron chi connectivity index (χ1n) is 10.4. The SMILES string of the molecule is C[C@H]1CCN(c2ccc3nccc(C(=O)NCC(=O)N4CSC[C@H]4C#N)c3c2)CCO1. The first-order chi connectivity index (χ1) is 15.1. The maximum atomic E-state index is 12.9. The molecule has 0 bridgehead atoms. The molecule has 1 N–H and O–H groups in total. The molecule has 0 spiro atoms. The Hall–Kier alpha value is -2.83. The third-order valence-electron chi connectivity index (χ3n) is 5.66. The molecule has 1 aromatic carbocycles. The van der Waals surface area contributed by atoms with Crippen LogP contribution in [0.4, 0.5) is 5.69 Å². The van der Waals surface area contributed by atoms with Crippen LogP contribution in [0.15, 0.2) is 30.5 Å². The van der Waals surface area contributed by atoms with Crippen LogP contribution in [0.25, 0.3) is 10.9 Å². The van der Waals surface area contributed by atoms with Crippen molar-refractivity contribution in [3.8, 4) is 6.07 Å². The zero-order chi connectivity index (χ0) is 21.8. The molecule has 0 unspecified atom stereocenters. The number of fused-ring (bicyclic) bond motifs is 1. The van der Waals surface area contributed by atoms with E-state index in [-0.39, 0.29) is 24.5 Å². The lowest BCUT2D eigenvalue weighted by molar-refractivity contribution is -0.129. The highest BCUT2D eigenvalue weighted by atomic mass is 32.2. The standard InChI is InChI=1S/C22H25N5O3S/c1-15-5-7-26(8-9-30-15)16-2-3-20-19(10-16)18(4-6-24-20)22(29)25-12-21(28)27-14-31-13-17(27)11-23/h2-4,6,10,15,17H,5,7-9,12-14H2,1H3,(H,25,29)/t15-,17+/m0/s1. The number of pyridine rings is 1. The third-order valence-corrected chi connectivity index (χ3v) is 6.67. The Kier molecular flexibility index (Phi) is 6.59. The van der Waals surface area contributed by atoms with Crippen LogP contribution in [0.5, 0.6) is 0 Å². The summed E-state index contributed by atoms with van der Waals surface area (Å²) in [6, 6.07) is 9.29. The van der Waals surface area contributed by atoms with Crippen LogP contribution < -0.4 is 10.2 Å². The summed E-state index contributed by atoms with van der Waals surface area (Å²) in [6.45, 7) is 4.29. The maximum absolute atomic E-state index is 12.9. The van der Waals surface area contributed by atoms with Gasteiger partial charge in [-0.25, -0.2) is 0 Å². The minimum Gasteiger partial charge on any atom is -0.377 e. The van der Waals surface area contributed by atoms with Crippen LogP contribution >= 0.6 is 11.8 Å². The van der Waals surface area contributed by atoms with E-state index < -0.39 is 6.04 Å². The number of thioether (sulfide) groups is 1. The predicted octanol–water partition coefficient (Wildman–Crippen LogP) is 2.00. The number of nitrogens with zero attached hydrogens (tertiary/aromatic N) is 4. The summed E-state index contributed by atoms with van der Waals surface area (Å²) in [5.74, 6) is 0.509. The minimum atomic E-state index is -0.431. The van der Waals surface area contributed by atoms with Gasteiger partial charge in [-0.3, -0.25) is 14.6 Å². The van der Waals surface area contributed by atoms with Gasteiger partial charge in [0.15, 0.2) is 0 Å². The van der Waals surface area contributed by atoms with Crippen LogP contribution in [0.2, 0.25) is 0 Å². The highest BCUT2D eigenvalue weighted by molar-refractivity contribution is 7.99. The maximum Gasteiger partial charge on any atom is 0.252 e. The number of amides is 2. The van der Waals surface area contributed by atoms with Gasteiger partial charge >= 0.3 is 0 Å². The van der Waals surface area contributed by atoms with E-state index in [9.17, 15) is 9.59 Å². The second kappa shape index (κ2) is 9.54. The lowest BCUT2D eigenvalue weighted by atomic mass is 10.1. The summed E-state index contributed by atoms with van der Waals surface area (Å²) >= 11 is 1.54. The van der Waals surface area contributed by atoms with Gasteiger partial charge in [0.2, 0.25) is 5.91 Å². The number of benzene rings is 1. The van der Waals surface area contributed by atoms with Crippen molar-refractivity contribution >= 4 is 40.2 Å². The molecule has 3 heterocycles. The Morgan fingerprint density at radius 2 is 2.23 bits per heavy atom. The Balaban J connectivity index is 1.51. The average Bonchev–Trinajstić information content (AvgIpc) is 3.17. The van der Waals surface area contributed by atoms with Crippen LogP contribution in [0.3, 0.4) is 0 Å². The van der Waals surface area contributed by atoms with Gasteiger partial charge in [-0.05, 0) is 37.6 Å². The van der Waals surface area contributed by atoms with E-state index in [1.807, 2.05) is 18.2 Å². The van der Waals surface area contributed by atoms with Crippen LogP contribution in [-0.4, -0.2) is 71.7 Å². The van der Waals surface area contributed by atoms with Gasteiger partial charge in [0, 0.05) is 36.1 Å². The molecule has 1 aromatic heterocycles. The van der Waals surface area contributed by atoms with Crippen molar-refractivity contribution in [1.29, 1.82) is 5.26 Å². The number of hydrogen-bond acceptors (Lipinski definition) is 7. The Bertz CT molecular complexity index is 1020. The lowest BCUT2D eigenvalue weighted by Gasteiger charge is -2.22. The number of nitrogens with one attached hydrogen (secondary N) is 1. The first-order valence-corrected chi connectivity index (χ1v) is 11.5. The second-order valence-corrected chi connectivity index (χ2v) is 8.71. The average molecular weight is 440 g/mol. The molecule has 0 saturated carbocycles. The molecule has 2 amide bonds. The molecule has 8 nitrogen and oxygen atoms in total. The number of carbonyl (C=O) groups excluding carboxylic acids is 2. The van der Waals surface area contributed by atoms with E-state index in [0.29, 0.717) is 23.8 Å². The molecule has 2 aromatic rings. The van der Waals surface area contributed by atoms with Gasteiger partial charge in [0.25, 0.3) is 5.91 Å². The molecule has 2 atom stereocenters. The quantitative estimate of drug-likeness (QED) is 0.778. The summed E-state index contributed by atoms with van der Waals surface area (Å²) in [5, 5.41) is 12.6. The van der Waals surface area contributed by atoms with Crippen molar-refractivity contribution in [2.75, 3.05) is 42.8 Å². The lowest BCUT2D eigenvalue weighted by Crippen LogP contribution is -2.42. The fourth-order valence-electron chi connectivity index (χ4n) is 3.83. The van der Waals surface area contributed by atoms with E-state index >= 15 is 0 Å². The number of hydrogen-bond donors (Lipinski definition) is 1. The van der Waals surface area contributed by atoms with Crippen molar-refractivity contribution < 1.29 is 14.3 Å². The van der Waals surface area contributed by atoms with Crippen molar-refractivity contribution in [3.05, 3.63) is 36.0 Å². The molecule has 9 heteroatoms. The molecular weight excluding hydrogens is 414 g/mol. The molecule has 31 heavy (non-hydrogen) atoms. The number of aromatic nitrogens is 1. The van der Waals surface area contributed by atoms with Crippen molar-refractivity contribution in [2.45, 2.75) is 25.5 Å². The van der Waals surface area contributed by atoms with E-state index in [1.165, 1.54) is 4.90 Å². The van der Waals surface area contributed by atoms with Crippen LogP contribution in [0, 0.1) is 11.3 Å². The fourth-order valence-corrected chi connectivity index (χ4v) is 4.94. The van der Waals surface area contributed by atoms with Crippen molar-refractivity contribution in [2.24, 2.45) is 0 Å². The summed E-state index contributed by atoms with van der Waals surface area (Å²) < 4.78 is 5.74. The minimum absolute atomic E-state index is 0.136. The summed E-state index contributed by atoms with van der Waals surface area (Å²) in [4.78, 5) is 33.5. The highest BCUT2D eigenvalue weighted by Crippen LogP contribution is 2.25. The number of rotatable bonds is 4. The molecule has 0 radical (unpaired) electrons. The van der Waals surface area contributed by atoms with Crippen molar-refractivity contribution in [3.63, 3.8) is 0 Å². The van der Waals surface area contributed by atoms with Gasteiger partial charge in [0.1, 0.15) is 6.04 Å². The normalized spacial score (nSPS) is 21.5. The number of anilines is 1. The highest BCUT2D eigenvalue weighted by Gasteiger charge is 2.29. The molecule has 2 saturated heterocycles. The number of nitriles is 1.